The number of hydrogen-bond acceptors (Lipinski definition) is 4. The summed E-state index contributed by atoms with van der Waals surface area (Å²) in [5.41, 5.74) is 2.30. The summed E-state index contributed by atoms with van der Waals surface area (Å²) in [6.45, 7) is 14.3. The molecule has 2 aromatic rings. The second-order valence-corrected chi connectivity index (χ2v) is 15.8. The minimum Gasteiger partial charge on any atom is -0.463 e. The quantitative estimate of drug-likeness (QED) is 0.0747. The van der Waals surface area contributed by atoms with Crippen LogP contribution in [-0.2, 0) is 9.59 Å². The number of unbranched alkanes of at least 4 members (excludes halogenated alkanes) is 16. The van der Waals surface area contributed by atoms with Crippen LogP contribution in [0.5, 0.6) is 0 Å². The average Bonchev–Trinajstić information content (AvgIpc) is 4.01. The number of carbonyl (C=O) groups is 2. The first-order valence-electron chi connectivity index (χ1n) is 22.8. The van der Waals surface area contributed by atoms with E-state index in [9.17, 15) is 9.59 Å². The number of carbonyl (C=O) groups excluding carboxylic acids is 2. The van der Waals surface area contributed by atoms with Gasteiger partial charge in [-0.3, -0.25) is 9.59 Å². The lowest BCUT2D eigenvalue weighted by Gasteiger charge is -2.29. The van der Waals surface area contributed by atoms with Crippen LogP contribution in [0, 0.1) is 11.8 Å². The summed E-state index contributed by atoms with van der Waals surface area (Å²) in [4.78, 5) is 33.5. The molecule has 2 aliphatic rings. The highest BCUT2D eigenvalue weighted by Gasteiger charge is 2.50. The van der Waals surface area contributed by atoms with Gasteiger partial charge in [-0.05, 0) is 61.8 Å². The standard InChI is InChI=1S/C46H72N2O4.C2H6/c1-5-9-13-17-19-23-29-37(27-21-15-11-7-3)35-47-43(39-31-25-33-51-39)41-42(45(47)49)44(40-32-26-34-52-40)48(46(41)50)36-38(28-22-16-12-8-4)30-24-20-18-14-10-6-2;1-2/h25-26,31-34,37-38H,5-24,27-30,35-36H2,1-4H3;1-2H3. The Balaban J connectivity index is 0.00000385. The Kier molecular flexibility index (Phi) is 22.5. The molecule has 4 heterocycles. The van der Waals surface area contributed by atoms with Crippen LogP contribution < -0.4 is 0 Å². The summed E-state index contributed by atoms with van der Waals surface area (Å²) in [7, 11) is 0. The van der Waals surface area contributed by atoms with E-state index in [1.54, 1.807) is 12.5 Å². The molecular weight excluding hydrogens is 669 g/mol. The van der Waals surface area contributed by atoms with Crippen molar-refractivity contribution in [3.05, 3.63) is 59.5 Å². The van der Waals surface area contributed by atoms with E-state index in [0.29, 0.717) is 59.0 Å². The fourth-order valence-electron chi connectivity index (χ4n) is 8.40. The number of fused-ring (bicyclic) bond motifs is 1. The normalized spacial score (nSPS) is 15.4. The number of rotatable bonds is 30. The lowest BCUT2D eigenvalue weighted by molar-refractivity contribution is -0.124. The van der Waals surface area contributed by atoms with Gasteiger partial charge in [0.2, 0.25) is 0 Å². The van der Waals surface area contributed by atoms with E-state index in [0.717, 1.165) is 25.7 Å². The van der Waals surface area contributed by atoms with Crippen molar-refractivity contribution in [1.29, 1.82) is 0 Å². The Bertz CT molecular complexity index is 1250. The smallest absolute Gasteiger partial charge is 0.261 e. The molecule has 0 aliphatic carbocycles. The summed E-state index contributed by atoms with van der Waals surface area (Å²) in [6.07, 6.45) is 32.6. The Morgan fingerprint density at radius 2 is 0.759 bits per heavy atom. The Hall–Kier alpha value is -3.02. The predicted octanol–water partition coefficient (Wildman–Crippen LogP) is 14.4. The topological polar surface area (TPSA) is 66.9 Å². The highest BCUT2D eigenvalue weighted by atomic mass is 16.3. The third-order valence-electron chi connectivity index (χ3n) is 11.4. The van der Waals surface area contributed by atoms with Gasteiger partial charge in [-0.2, -0.15) is 0 Å². The zero-order valence-corrected chi connectivity index (χ0v) is 35.5. The molecule has 2 aromatic heterocycles. The number of furan rings is 2. The van der Waals surface area contributed by atoms with Crippen molar-refractivity contribution in [1.82, 2.24) is 9.80 Å². The molecule has 4 rings (SSSR count). The summed E-state index contributed by atoms with van der Waals surface area (Å²) < 4.78 is 12.1. The second-order valence-electron chi connectivity index (χ2n) is 15.8. The summed E-state index contributed by atoms with van der Waals surface area (Å²) in [6, 6.07) is 7.55. The molecule has 6 nitrogen and oxygen atoms in total. The lowest BCUT2D eigenvalue weighted by atomic mass is 9.93. The lowest BCUT2D eigenvalue weighted by Crippen LogP contribution is -2.34. The molecule has 54 heavy (non-hydrogen) atoms. The highest BCUT2D eigenvalue weighted by molar-refractivity contribution is 6.29. The van der Waals surface area contributed by atoms with Gasteiger partial charge >= 0.3 is 0 Å². The van der Waals surface area contributed by atoms with Gasteiger partial charge in [-0.15, -0.1) is 0 Å². The Labute approximate surface area is 330 Å². The molecule has 0 bridgehead atoms. The van der Waals surface area contributed by atoms with Gasteiger partial charge in [-0.25, -0.2) is 0 Å². The summed E-state index contributed by atoms with van der Waals surface area (Å²) >= 11 is 0. The van der Waals surface area contributed by atoms with E-state index in [-0.39, 0.29) is 11.8 Å². The van der Waals surface area contributed by atoms with E-state index >= 15 is 0 Å². The summed E-state index contributed by atoms with van der Waals surface area (Å²) in [5.74, 6) is 1.78. The molecule has 2 unspecified atom stereocenters. The predicted molar refractivity (Wildman–Crippen MR) is 227 cm³/mol. The molecular formula is C48H78N2O4. The number of nitrogens with zero attached hydrogens (tertiary/aromatic N) is 2. The van der Waals surface area contributed by atoms with Crippen molar-refractivity contribution in [3.8, 4) is 0 Å². The molecule has 6 heteroatoms. The first kappa shape index (κ1) is 45.4. The van der Waals surface area contributed by atoms with E-state index in [2.05, 4.69) is 27.7 Å². The molecule has 0 spiro atoms. The SMILES string of the molecule is CC.CCCCCCCCC(CCCCCC)CN1C(=O)C2=C(c3ccco3)N(CC(CCCCCC)CCCCCCCC)C(=O)C2=C1c1ccco1. The monoisotopic (exact) mass is 747 g/mol. The van der Waals surface area contributed by atoms with Crippen molar-refractivity contribution >= 4 is 23.2 Å². The van der Waals surface area contributed by atoms with Gasteiger partial charge in [0.25, 0.3) is 11.8 Å². The van der Waals surface area contributed by atoms with Gasteiger partial charge in [0.05, 0.1) is 23.7 Å². The third kappa shape index (κ3) is 13.6. The van der Waals surface area contributed by atoms with Gasteiger partial charge in [0, 0.05) is 13.1 Å². The van der Waals surface area contributed by atoms with Crippen LogP contribution in [0.15, 0.2) is 56.8 Å². The van der Waals surface area contributed by atoms with Crippen LogP contribution in [0.25, 0.3) is 11.4 Å². The van der Waals surface area contributed by atoms with Crippen molar-refractivity contribution in [2.24, 2.45) is 11.8 Å². The Morgan fingerprint density at radius 1 is 0.463 bits per heavy atom. The first-order chi connectivity index (χ1) is 26.5. The summed E-state index contributed by atoms with van der Waals surface area (Å²) in [5, 5.41) is 0. The van der Waals surface area contributed by atoms with Crippen LogP contribution >= 0.6 is 0 Å². The van der Waals surface area contributed by atoms with Crippen LogP contribution in [0.3, 0.4) is 0 Å². The molecule has 0 radical (unpaired) electrons. The fourth-order valence-corrected chi connectivity index (χ4v) is 8.40. The van der Waals surface area contributed by atoms with E-state index in [1.807, 2.05) is 47.9 Å². The molecule has 2 amide bonds. The molecule has 0 N–H and O–H groups in total. The maximum Gasteiger partial charge on any atom is 0.261 e. The van der Waals surface area contributed by atoms with Crippen molar-refractivity contribution in [2.45, 2.75) is 196 Å². The Morgan fingerprint density at radius 3 is 1.06 bits per heavy atom. The molecule has 0 saturated carbocycles. The van der Waals surface area contributed by atoms with Crippen LogP contribution in [-0.4, -0.2) is 34.7 Å². The van der Waals surface area contributed by atoms with E-state index in [4.69, 9.17) is 8.83 Å². The van der Waals surface area contributed by atoms with Gasteiger partial charge < -0.3 is 18.6 Å². The number of hydrogen-bond donors (Lipinski definition) is 0. The van der Waals surface area contributed by atoms with E-state index in [1.165, 1.54) is 128 Å². The molecule has 0 fully saturated rings. The first-order valence-corrected chi connectivity index (χ1v) is 22.8. The third-order valence-corrected chi connectivity index (χ3v) is 11.4. The molecule has 0 aromatic carbocycles. The zero-order valence-electron chi connectivity index (χ0n) is 35.5. The van der Waals surface area contributed by atoms with Crippen molar-refractivity contribution < 1.29 is 18.4 Å². The molecule has 2 aliphatic heterocycles. The largest absolute Gasteiger partial charge is 0.463 e. The van der Waals surface area contributed by atoms with Crippen LogP contribution in [0.4, 0.5) is 0 Å². The zero-order chi connectivity index (χ0) is 39.0. The maximum absolute atomic E-state index is 14.8. The minimum atomic E-state index is -0.0828. The van der Waals surface area contributed by atoms with Crippen molar-refractivity contribution in [2.75, 3.05) is 13.1 Å². The van der Waals surface area contributed by atoms with E-state index < -0.39 is 0 Å². The minimum absolute atomic E-state index is 0.0828. The second kappa shape index (κ2) is 26.7. The van der Waals surface area contributed by atoms with Gasteiger partial charge in [-0.1, -0.05) is 170 Å². The maximum atomic E-state index is 14.8. The van der Waals surface area contributed by atoms with Crippen LogP contribution in [0.2, 0.25) is 0 Å². The fraction of sp³-hybridized carbons (Fsp3) is 0.708. The average molecular weight is 747 g/mol. The molecule has 2 atom stereocenters. The number of amides is 2. The molecule has 304 valence electrons. The van der Waals surface area contributed by atoms with Gasteiger partial charge in [0.1, 0.15) is 11.4 Å². The molecule has 0 saturated heterocycles. The van der Waals surface area contributed by atoms with Gasteiger partial charge in [0.15, 0.2) is 11.5 Å². The van der Waals surface area contributed by atoms with Crippen molar-refractivity contribution in [3.63, 3.8) is 0 Å². The highest BCUT2D eigenvalue weighted by Crippen LogP contribution is 2.48. The van der Waals surface area contributed by atoms with Crippen LogP contribution in [0.1, 0.15) is 207 Å².